The van der Waals surface area contributed by atoms with Crippen molar-refractivity contribution in [3.05, 3.63) is 46.2 Å². The molecule has 4 nitrogen and oxygen atoms in total. The molecule has 2 rings (SSSR count). The van der Waals surface area contributed by atoms with Crippen LogP contribution in [-0.2, 0) is 4.74 Å². The fourth-order valence-electron chi connectivity index (χ4n) is 1.52. The minimum Gasteiger partial charge on any atom is -0.461 e. The largest absolute Gasteiger partial charge is 0.461 e. The van der Waals surface area contributed by atoms with Crippen LogP contribution >= 0.6 is 0 Å². The predicted molar refractivity (Wildman–Crippen MR) is 60.5 cm³/mol. The second kappa shape index (κ2) is 4.18. The van der Waals surface area contributed by atoms with E-state index in [9.17, 15) is 9.59 Å². The van der Waals surface area contributed by atoms with Crippen molar-refractivity contribution in [2.45, 2.75) is 6.92 Å². The van der Waals surface area contributed by atoms with Gasteiger partial charge in [-0.1, -0.05) is 12.1 Å². The SMILES string of the molecule is CCOC(=O)c1cc(=O)c2ccccc2[nH]1. The van der Waals surface area contributed by atoms with Crippen LogP contribution in [0.2, 0.25) is 0 Å². The van der Waals surface area contributed by atoms with Gasteiger partial charge in [-0.05, 0) is 19.1 Å². The first-order chi connectivity index (χ1) is 7.72. The maximum atomic E-state index is 11.7. The number of H-pyrrole nitrogens is 1. The molecular formula is C12H11NO3. The van der Waals surface area contributed by atoms with E-state index in [-0.39, 0.29) is 17.7 Å². The first-order valence-corrected chi connectivity index (χ1v) is 5.01. The lowest BCUT2D eigenvalue weighted by Gasteiger charge is -2.03. The minimum absolute atomic E-state index is 0.183. The van der Waals surface area contributed by atoms with Gasteiger partial charge in [0.15, 0.2) is 5.43 Å². The molecular weight excluding hydrogens is 206 g/mol. The lowest BCUT2D eigenvalue weighted by atomic mass is 10.2. The van der Waals surface area contributed by atoms with Gasteiger partial charge >= 0.3 is 5.97 Å². The molecule has 0 aliphatic rings. The number of carbonyl (C=O) groups excluding carboxylic acids is 1. The molecule has 16 heavy (non-hydrogen) atoms. The Morgan fingerprint density at radius 3 is 2.88 bits per heavy atom. The molecule has 82 valence electrons. The quantitative estimate of drug-likeness (QED) is 0.779. The molecule has 0 amide bonds. The highest BCUT2D eigenvalue weighted by atomic mass is 16.5. The summed E-state index contributed by atoms with van der Waals surface area (Å²) < 4.78 is 4.82. The zero-order chi connectivity index (χ0) is 11.5. The molecule has 0 aliphatic carbocycles. The van der Waals surface area contributed by atoms with Crippen LogP contribution in [-0.4, -0.2) is 17.6 Å². The highest BCUT2D eigenvalue weighted by Gasteiger charge is 2.09. The second-order valence-corrected chi connectivity index (χ2v) is 3.31. The van der Waals surface area contributed by atoms with E-state index in [1.807, 2.05) is 0 Å². The number of pyridine rings is 1. The summed E-state index contributed by atoms with van der Waals surface area (Å²) in [7, 11) is 0. The molecule has 0 spiro atoms. The van der Waals surface area contributed by atoms with Gasteiger partial charge in [-0.25, -0.2) is 4.79 Å². The monoisotopic (exact) mass is 217 g/mol. The Morgan fingerprint density at radius 2 is 2.12 bits per heavy atom. The number of nitrogens with one attached hydrogen (secondary N) is 1. The molecule has 0 radical (unpaired) electrons. The summed E-state index contributed by atoms with van der Waals surface area (Å²) >= 11 is 0. The predicted octanol–water partition coefficient (Wildman–Crippen LogP) is 1.70. The van der Waals surface area contributed by atoms with E-state index >= 15 is 0 Å². The van der Waals surface area contributed by atoms with Gasteiger partial charge in [0, 0.05) is 17.0 Å². The van der Waals surface area contributed by atoms with Gasteiger partial charge in [0.2, 0.25) is 0 Å². The van der Waals surface area contributed by atoms with Gasteiger partial charge in [-0.2, -0.15) is 0 Å². The third-order valence-corrected chi connectivity index (χ3v) is 2.23. The zero-order valence-corrected chi connectivity index (χ0v) is 8.82. The molecule has 1 aromatic carbocycles. The highest BCUT2D eigenvalue weighted by molar-refractivity contribution is 5.90. The molecule has 1 aromatic heterocycles. The molecule has 0 unspecified atom stereocenters. The maximum Gasteiger partial charge on any atom is 0.354 e. The van der Waals surface area contributed by atoms with E-state index in [0.717, 1.165) is 0 Å². The van der Waals surface area contributed by atoms with Crippen LogP contribution < -0.4 is 5.43 Å². The average molecular weight is 217 g/mol. The molecule has 0 saturated carbocycles. The van der Waals surface area contributed by atoms with Crippen LogP contribution in [0.5, 0.6) is 0 Å². The first kappa shape index (κ1) is 10.4. The first-order valence-electron chi connectivity index (χ1n) is 5.01. The number of esters is 1. The number of ether oxygens (including phenoxy) is 1. The van der Waals surface area contributed by atoms with E-state index in [4.69, 9.17) is 4.74 Å². The summed E-state index contributed by atoms with van der Waals surface area (Å²) in [6.45, 7) is 2.00. The minimum atomic E-state index is -0.509. The number of benzene rings is 1. The molecule has 0 aliphatic heterocycles. The molecule has 0 atom stereocenters. The Bertz CT molecular complexity index is 586. The smallest absolute Gasteiger partial charge is 0.354 e. The fraction of sp³-hybridized carbons (Fsp3) is 0.167. The van der Waals surface area contributed by atoms with Crippen LogP contribution in [0.25, 0.3) is 10.9 Å². The van der Waals surface area contributed by atoms with Crippen LogP contribution in [0, 0.1) is 0 Å². The van der Waals surface area contributed by atoms with Crippen molar-refractivity contribution in [1.82, 2.24) is 4.98 Å². The normalized spacial score (nSPS) is 10.3. The summed E-state index contributed by atoms with van der Waals surface area (Å²) in [6, 6.07) is 8.30. The van der Waals surface area contributed by atoms with Gasteiger partial charge in [-0.3, -0.25) is 4.79 Å². The van der Waals surface area contributed by atoms with Crippen LogP contribution in [0.15, 0.2) is 35.1 Å². The number of aromatic amines is 1. The van der Waals surface area contributed by atoms with E-state index in [2.05, 4.69) is 4.98 Å². The number of hydrogen-bond acceptors (Lipinski definition) is 3. The van der Waals surface area contributed by atoms with Crippen LogP contribution in [0.1, 0.15) is 17.4 Å². The summed E-state index contributed by atoms with van der Waals surface area (Å²) in [4.78, 5) is 26.0. The number of para-hydroxylation sites is 1. The van der Waals surface area contributed by atoms with E-state index in [0.29, 0.717) is 10.9 Å². The Balaban J connectivity index is 2.58. The average Bonchev–Trinajstić information content (AvgIpc) is 2.29. The number of carbonyl (C=O) groups is 1. The Morgan fingerprint density at radius 1 is 1.38 bits per heavy atom. The van der Waals surface area contributed by atoms with Crippen LogP contribution in [0.3, 0.4) is 0 Å². The van der Waals surface area contributed by atoms with Gasteiger partial charge in [-0.15, -0.1) is 0 Å². The Labute approximate surface area is 91.9 Å². The topological polar surface area (TPSA) is 59.2 Å². The third-order valence-electron chi connectivity index (χ3n) is 2.23. The van der Waals surface area contributed by atoms with Crippen molar-refractivity contribution in [3.63, 3.8) is 0 Å². The van der Waals surface area contributed by atoms with Crippen molar-refractivity contribution < 1.29 is 9.53 Å². The van der Waals surface area contributed by atoms with Crippen molar-refractivity contribution in [2.75, 3.05) is 6.61 Å². The van der Waals surface area contributed by atoms with Gasteiger partial charge in [0.1, 0.15) is 5.69 Å². The number of aromatic nitrogens is 1. The van der Waals surface area contributed by atoms with Gasteiger partial charge in [0.25, 0.3) is 0 Å². The van der Waals surface area contributed by atoms with Crippen molar-refractivity contribution >= 4 is 16.9 Å². The summed E-state index contributed by atoms with van der Waals surface area (Å²) in [5.41, 5.74) is 0.640. The van der Waals surface area contributed by atoms with Gasteiger partial charge in [0.05, 0.1) is 6.61 Å². The van der Waals surface area contributed by atoms with Crippen molar-refractivity contribution in [1.29, 1.82) is 0 Å². The number of fused-ring (bicyclic) bond motifs is 1. The van der Waals surface area contributed by atoms with Gasteiger partial charge < -0.3 is 9.72 Å². The summed E-state index contributed by atoms with van der Waals surface area (Å²) in [5.74, 6) is -0.509. The van der Waals surface area contributed by atoms with Crippen molar-refractivity contribution in [2.24, 2.45) is 0 Å². The van der Waals surface area contributed by atoms with Crippen LogP contribution in [0.4, 0.5) is 0 Å². The standard InChI is InChI=1S/C12H11NO3/c1-2-16-12(15)10-7-11(14)8-5-3-4-6-9(8)13-10/h3-7H,2H2,1H3,(H,13,14). The molecule has 0 bridgehead atoms. The molecule has 0 fully saturated rings. The number of hydrogen-bond donors (Lipinski definition) is 1. The Hall–Kier alpha value is -2.10. The van der Waals surface area contributed by atoms with E-state index in [1.54, 1.807) is 31.2 Å². The molecule has 1 heterocycles. The highest BCUT2D eigenvalue weighted by Crippen LogP contribution is 2.07. The van der Waals surface area contributed by atoms with Crippen molar-refractivity contribution in [3.8, 4) is 0 Å². The molecule has 0 saturated heterocycles. The number of rotatable bonds is 2. The Kier molecular flexibility index (Phi) is 2.72. The lowest BCUT2D eigenvalue weighted by Crippen LogP contribution is -2.12. The van der Waals surface area contributed by atoms with E-state index in [1.165, 1.54) is 6.07 Å². The second-order valence-electron chi connectivity index (χ2n) is 3.31. The summed E-state index contributed by atoms with van der Waals surface area (Å²) in [6.07, 6.45) is 0. The lowest BCUT2D eigenvalue weighted by molar-refractivity contribution is 0.0520. The fourth-order valence-corrected chi connectivity index (χ4v) is 1.52. The molecule has 1 N–H and O–H groups in total. The molecule has 4 heteroatoms. The zero-order valence-electron chi connectivity index (χ0n) is 8.82. The molecule has 2 aromatic rings. The maximum absolute atomic E-state index is 11.7. The van der Waals surface area contributed by atoms with E-state index < -0.39 is 5.97 Å². The summed E-state index contributed by atoms with van der Waals surface area (Å²) in [5, 5.41) is 0.565. The third kappa shape index (κ3) is 1.82.